The number of nitrogens with zero attached hydrogens (tertiary/aromatic N) is 2. The highest BCUT2D eigenvalue weighted by Crippen LogP contribution is 2.46. The van der Waals surface area contributed by atoms with E-state index in [9.17, 15) is 0 Å². The number of benzene rings is 6. The zero-order valence-corrected chi connectivity index (χ0v) is 23.1. The van der Waals surface area contributed by atoms with Crippen LogP contribution in [0, 0.1) is 0 Å². The minimum Gasteiger partial charge on any atom is -0.454 e. The fraction of sp³-hybridized carbons (Fsp3) is 0. The van der Waals surface area contributed by atoms with Crippen molar-refractivity contribution in [1.29, 1.82) is 0 Å². The summed E-state index contributed by atoms with van der Waals surface area (Å²) in [5.74, 6) is 0. The zero-order chi connectivity index (χ0) is 28.3. The van der Waals surface area contributed by atoms with Gasteiger partial charge < -0.3 is 13.7 Å². The molecule has 0 saturated carbocycles. The van der Waals surface area contributed by atoms with E-state index in [-0.39, 0.29) is 0 Å². The Morgan fingerprint density at radius 2 is 1.02 bits per heavy atom. The molecule has 4 nitrogen and oxygen atoms in total. The van der Waals surface area contributed by atoms with Crippen molar-refractivity contribution in [1.82, 2.24) is 4.98 Å². The topological polar surface area (TPSA) is 42.4 Å². The summed E-state index contributed by atoms with van der Waals surface area (Å²) in [4.78, 5) is 6.93. The SMILES string of the molecule is c1ccc2ncc(-c3ccc(N(c4cccc5c4oc4ccccc45)c4cccc5c4oc4ccccc45)cc3)cc2c1. The molecule has 3 heterocycles. The van der Waals surface area contributed by atoms with E-state index in [2.05, 4.69) is 107 Å². The summed E-state index contributed by atoms with van der Waals surface area (Å²) in [5.41, 5.74) is 9.46. The summed E-state index contributed by atoms with van der Waals surface area (Å²) in [6.07, 6.45) is 1.94. The quantitative estimate of drug-likeness (QED) is 0.218. The van der Waals surface area contributed by atoms with Crippen molar-refractivity contribution in [3.8, 4) is 11.1 Å². The number of rotatable bonds is 4. The number of pyridine rings is 1. The molecule has 0 aliphatic carbocycles. The molecule has 0 spiro atoms. The van der Waals surface area contributed by atoms with E-state index in [0.29, 0.717) is 0 Å². The van der Waals surface area contributed by atoms with Crippen LogP contribution in [0.3, 0.4) is 0 Å². The Labute approximate surface area is 247 Å². The van der Waals surface area contributed by atoms with Crippen molar-refractivity contribution in [2.24, 2.45) is 0 Å². The summed E-state index contributed by atoms with van der Waals surface area (Å²) in [5, 5.41) is 5.47. The van der Waals surface area contributed by atoms with E-state index in [1.807, 2.05) is 48.7 Å². The lowest BCUT2D eigenvalue weighted by Gasteiger charge is -2.25. The summed E-state index contributed by atoms with van der Waals surface area (Å²) >= 11 is 0. The second kappa shape index (κ2) is 9.33. The molecule has 0 unspecified atom stereocenters. The highest BCUT2D eigenvalue weighted by atomic mass is 16.3. The number of aromatic nitrogens is 1. The van der Waals surface area contributed by atoms with Gasteiger partial charge in [-0.3, -0.25) is 4.98 Å². The van der Waals surface area contributed by atoms with E-state index in [0.717, 1.165) is 83.0 Å². The minimum absolute atomic E-state index is 0.833. The molecule has 0 bridgehead atoms. The summed E-state index contributed by atoms with van der Waals surface area (Å²) in [6.45, 7) is 0. The van der Waals surface area contributed by atoms with E-state index in [4.69, 9.17) is 8.83 Å². The molecular weight excluding hydrogens is 528 g/mol. The van der Waals surface area contributed by atoms with Crippen molar-refractivity contribution in [3.05, 3.63) is 146 Å². The molecule has 9 aromatic rings. The maximum absolute atomic E-state index is 6.53. The summed E-state index contributed by atoms with van der Waals surface area (Å²) in [6, 6.07) is 48.1. The maximum atomic E-state index is 6.53. The van der Waals surface area contributed by atoms with Gasteiger partial charge in [-0.05, 0) is 54.1 Å². The largest absolute Gasteiger partial charge is 0.454 e. The summed E-state index contributed by atoms with van der Waals surface area (Å²) < 4.78 is 13.1. The van der Waals surface area contributed by atoms with Crippen molar-refractivity contribution in [2.45, 2.75) is 0 Å². The standard InChI is InChI=1S/C39H24N2O2/c1-4-14-33-26(9-1)23-27(24-40-33)25-19-21-28(22-20-25)41(34-15-7-12-31-29-10-2-5-17-36(29)42-38(31)34)35-16-8-13-32-30-11-3-6-18-37(30)43-39(32)35/h1-24H. The fourth-order valence-electron chi connectivity index (χ4n) is 6.26. The smallest absolute Gasteiger partial charge is 0.159 e. The number of furan rings is 2. The van der Waals surface area contributed by atoms with Gasteiger partial charge in [0, 0.05) is 44.4 Å². The average molecular weight is 553 g/mol. The molecule has 202 valence electrons. The molecule has 0 fully saturated rings. The van der Waals surface area contributed by atoms with Crippen LogP contribution in [0.5, 0.6) is 0 Å². The first-order chi connectivity index (χ1) is 21.3. The molecule has 4 heteroatoms. The highest BCUT2D eigenvalue weighted by molar-refractivity contribution is 6.13. The van der Waals surface area contributed by atoms with E-state index < -0.39 is 0 Å². The molecule has 0 aliphatic rings. The fourth-order valence-corrected chi connectivity index (χ4v) is 6.26. The zero-order valence-electron chi connectivity index (χ0n) is 23.1. The van der Waals surface area contributed by atoms with Gasteiger partial charge in [-0.15, -0.1) is 0 Å². The van der Waals surface area contributed by atoms with Crippen LogP contribution in [0.1, 0.15) is 0 Å². The second-order valence-electron chi connectivity index (χ2n) is 10.8. The first-order valence-electron chi connectivity index (χ1n) is 14.4. The predicted molar refractivity (Wildman–Crippen MR) is 176 cm³/mol. The lowest BCUT2D eigenvalue weighted by Crippen LogP contribution is -2.10. The van der Waals surface area contributed by atoms with E-state index in [1.165, 1.54) is 0 Å². The van der Waals surface area contributed by atoms with Crippen molar-refractivity contribution in [3.63, 3.8) is 0 Å². The molecule has 6 aromatic carbocycles. The number of fused-ring (bicyclic) bond motifs is 7. The molecule has 0 atom stereocenters. The predicted octanol–water partition coefficient (Wildman–Crippen LogP) is 11.2. The molecular formula is C39H24N2O2. The Balaban J connectivity index is 1.27. The monoisotopic (exact) mass is 552 g/mol. The van der Waals surface area contributed by atoms with E-state index >= 15 is 0 Å². The Hall–Kier alpha value is -5.87. The first kappa shape index (κ1) is 23.8. The third kappa shape index (κ3) is 3.74. The van der Waals surface area contributed by atoms with Crippen LogP contribution in [0.15, 0.2) is 155 Å². The van der Waals surface area contributed by atoms with Gasteiger partial charge in [-0.1, -0.05) is 91.0 Å². The van der Waals surface area contributed by atoms with E-state index in [1.54, 1.807) is 0 Å². The number of anilines is 3. The molecule has 0 aliphatic heterocycles. The molecule has 43 heavy (non-hydrogen) atoms. The lowest BCUT2D eigenvalue weighted by molar-refractivity contribution is 0.666. The Morgan fingerprint density at radius 3 is 1.67 bits per heavy atom. The van der Waals surface area contributed by atoms with Crippen LogP contribution in [0.25, 0.3) is 65.9 Å². The third-order valence-electron chi connectivity index (χ3n) is 8.30. The number of hydrogen-bond donors (Lipinski definition) is 0. The number of hydrogen-bond acceptors (Lipinski definition) is 4. The Morgan fingerprint density at radius 1 is 0.465 bits per heavy atom. The maximum Gasteiger partial charge on any atom is 0.159 e. The van der Waals surface area contributed by atoms with Crippen LogP contribution in [0.2, 0.25) is 0 Å². The van der Waals surface area contributed by atoms with Gasteiger partial charge in [0.25, 0.3) is 0 Å². The summed E-state index contributed by atoms with van der Waals surface area (Å²) in [7, 11) is 0. The Kier molecular flexibility index (Phi) is 5.16. The van der Waals surface area contributed by atoms with Crippen LogP contribution in [0.4, 0.5) is 17.1 Å². The van der Waals surface area contributed by atoms with Crippen molar-refractivity contribution in [2.75, 3.05) is 4.90 Å². The molecule has 0 saturated heterocycles. The number of para-hydroxylation sites is 5. The van der Waals surface area contributed by atoms with Gasteiger partial charge >= 0.3 is 0 Å². The van der Waals surface area contributed by atoms with Gasteiger partial charge in [-0.2, -0.15) is 0 Å². The molecule has 3 aromatic heterocycles. The minimum atomic E-state index is 0.833. The van der Waals surface area contributed by atoms with Gasteiger partial charge in [0.1, 0.15) is 11.2 Å². The van der Waals surface area contributed by atoms with Crippen molar-refractivity contribution >= 4 is 71.8 Å². The first-order valence-corrected chi connectivity index (χ1v) is 14.4. The highest BCUT2D eigenvalue weighted by Gasteiger charge is 2.23. The second-order valence-corrected chi connectivity index (χ2v) is 10.8. The molecule has 9 rings (SSSR count). The Bertz CT molecular complexity index is 2360. The molecule has 0 amide bonds. The van der Waals surface area contributed by atoms with Crippen molar-refractivity contribution < 1.29 is 8.83 Å². The van der Waals surface area contributed by atoms with Gasteiger partial charge in [-0.25, -0.2) is 0 Å². The molecule has 0 radical (unpaired) electrons. The van der Waals surface area contributed by atoms with Crippen LogP contribution >= 0.6 is 0 Å². The lowest BCUT2D eigenvalue weighted by atomic mass is 10.0. The van der Waals surface area contributed by atoms with Crippen LogP contribution < -0.4 is 4.90 Å². The van der Waals surface area contributed by atoms with Crippen LogP contribution in [-0.2, 0) is 0 Å². The van der Waals surface area contributed by atoms with Gasteiger partial charge in [0.15, 0.2) is 11.2 Å². The van der Waals surface area contributed by atoms with Crippen LogP contribution in [-0.4, -0.2) is 4.98 Å². The van der Waals surface area contributed by atoms with Gasteiger partial charge in [0.2, 0.25) is 0 Å². The third-order valence-corrected chi connectivity index (χ3v) is 8.30. The molecule has 0 N–H and O–H groups in total. The normalized spacial score (nSPS) is 11.7. The van der Waals surface area contributed by atoms with Gasteiger partial charge in [0.05, 0.1) is 16.9 Å². The average Bonchev–Trinajstić information content (AvgIpc) is 3.65.